The smallest absolute Gasteiger partial charge is 0.148 e. The van der Waals surface area contributed by atoms with E-state index in [4.69, 9.17) is 4.74 Å². The van der Waals surface area contributed by atoms with Crippen LogP contribution in [0.25, 0.3) is 0 Å². The summed E-state index contributed by atoms with van der Waals surface area (Å²) >= 11 is 0. The maximum Gasteiger partial charge on any atom is 0.148 e. The van der Waals surface area contributed by atoms with E-state index in [1.807, 2.05) is 7.05 Å². The van der Waals surface area contributed by atoms with Crippen LogP contribution in [0, 0.1) is 11.3 Å². The molecule has 0 amide bonds. The zero-order chi connectivity index (χ0) is 15.9. The summed E-state index contributed by atoms with van der Waals surface area (Å²) in [7, 11) is -0.871. The summed E-state index contributed by atoms with van der Waals surface area (Å²) in [6, 6.07) is 0. The van der Waals surface area contributed by atoms with E-state index in [-0.39, 0.29) is 11.2 Å². The van der Waals surface area contributed by atoms with Gasteiger partial charge in [-0.1, -0.05) is 13.8 Å². The first kappa shape index (κ1) is 18.9. The zero-order valence-corrected chi connectivity index (χ0v) is 14.8. The first-order valence-corrected chi connectivity index (χ1v) is 9.93. The minimum Gasteiger partial charge on any atom is -0.381 e. The Morgan fingerprint density at radius 1 is 1.29 bits per heavy atom. The summed E-state index contributed by atoms with van der Waals surface area (Å²) in [6.45, 7) is 9.58. The summed E-state index contributed by atoms with van der Waals surface area (Å²) in [6.07, 6.45) is 3.39. The van der Waals surface area contributed by atoms with Crippen LogP contribution in [0.5, 0.6) is 0 Å². The van der Waals surface area contributed by atoms with Gasteiger partial charge in [-0.25, -0.2) is 8.42 Å². The third kappa shape index (κ3) is 8.14. The van der Waals surface area contributed by atoms with E-state index in [2.05, 4.69) is 24.1 Å². The van der Waals surface area contributed by atoms with Crippen LogP contribution in [-0.4, -0.2) is 71.8 Å². The number of hydrogen-bond donors (Lipinski definition) is 1. The van der Waals surface area contributed by atoms with E-state index < -0.39 is 9.84 Å². The summed E-state index contributed by atoms with van der Waals surface area (Å²) < 4.78 is 28.1. The Bertz CT molecular complexity index is 390. The topological polar surface area (TPSA) is 58.6 Å². The van der Waals surface area contributed by atoms with Crippen LogP contribution in [0.3, 0.4) is 0 Å². The van der Waals surface area contributed by atoms with Crippen LogP contribution in [0.2, 0.25) is 0 Å². The van der Waals surface area contributed by atoms with Crippen molar-refractivity contribution < 1.29 is 13.2 Å². The second-order valence-electron chi connectivity index (χ2n) is 7.00. The average Bonchev–Trinajstić information content (AvgIpc) is 2.36. The minimum atomic E-state index is -2.89. The van der Waals surface area contributed by atoms with Crippen molar-refractivity contribution in [3.63, 3.8) is 0 Å². The van der Waals surface area contributed by atoms with Crippen molar-refractivity contribution in [1.82, 2.24) is 10.2 Å². The molecule has 0 bridgehead atoms. The maximum absolute atomic E-state index is 11.3. The Labute approximate surface area is 130 Å². The molecule has 6 heteroatoms. The molecule has 5 nitrogen and oxygen atoms in total. The Morgan fingerprint density at radius 3 is 2.43 bits per heavy atom. The highest BCUT2D eigenvalue weighted by atomic mass is 32.2. The first-order chi connectivity index (χ1) is 9.72. The Balaban J connectivity index is 2.52. The Kier molecular flexibility index (Phi) is 7.60. The highest BCUT2D eigenvalue weighted by molar-refractivity contribution is 7.90. The first-order valence-electron chi connectivity index (χ1n) is 7.87. The lowest BCUT2D eigenvalue weighted by atomic mass is 9.79. The number of nitrogens with one attached hydrogen (secondary N) is 1. The number of sulfone groups is 1. The van der Waals surface area contributed by atoms with E-state index in [9.17, 15) is 8.42 Å². The van der Waals surface area contributed by atoms with E-state index in [1.165, 1.54) is 6.26 Å². The van der Waals surface area contributed by atoms with Crippen LogP contribution in [0.15, 0.2) is 0 Å². The number of nitrogens with zero attached hydrogens (tertiary/aromatic N) is 1. The third-order valence-electron chi connectivity index (χ3n) is 4.06. The highest BCUT2D eigenvalue weighted by Gasteiger charge is 2.33. The van der Waals surface area contributed by atoms with Gasteiger partial charge in [-0.15, -0.1) is 0 Å². The molecule has 1 fully saturated rings. The van der Waals surface area contributed by atoms with Crippen molar-refractivity contribution in [1.29, 1.82) is 0 Å². The third-order valence-corrected chi connectivity index (χ3v) is 4.98. The van der Waals surface area contributed by atoms with Gasteiger partial charge in [0.1, 0.15) is 9.84 Å². The molecule has 0 saturated carbocycles. The molecule has 1 saturated heterocycles. The quantitative estimate of drug-likeness (QED) is 0.687. The summed E-state index contributed by atoms with van der Waals surface area (Å²) in [5.74, 6) is 0.875. The molecule has 1 rings (SSSR count). The minimum absolute atomic E-state index is 0.208. The van der Waals surface area contributed by atoms with E-state index in [1.54, 1.807) is 0 Å². The van der Waals surface area contributed by atoms with Gasteiger partial charge >= 0.3 is 0 Å². The van der Waals surface area contributed by atoms with Gasteiger partial charge in [0.05, 0.1) is 5.75 Å². The molecule has 0 aromatic carbocycles. The molecule has 0 spiro atoms. The van der Waals surface area contributed by atoms with Gasteiger partial charge in [-0.3, -0.25) is 0 Å². The number of ether oxygens (including phenoxy) is 1. The molecule has 0 atom stereocenters. The number of rotatable bonds is 9. The zero-order valence-electron chi connectivity index (χ0n) is 14.0. The van der Waals surface area contributed by atoms with Crippen molar-refractivity contribution >= 4 is 9.84 Å². The van der Waals surface area contributed by atoms with Gasteiger partial charge in [0.25, 0.3) is 0 Å². The Hall–Kier alpha value is -0.170. The fourth-order valence-corrected chi connectivity index (χ4v) is 3.44. The van der Waals surface area contributed by atoms with Gasteiger partial charge in [0.15, 0.2) is 0 Å². The molecule has 1 N–H and O–H groups in total. The monoisotopic (exact) mass is 320 g/mol. The summed E-state index contributed by atoms with van der Waals surface area (Å²) in [5.41, 5.74) is 0.208. The summed E-state index contributed by atoms with van der Waals surface area (Å²) in [5, 5.41) is 3.57. The Morgan fingerprint density at radius 2 is 1.90 bits per heavy atom. The molecule has 126 valence electrons. The lowest BCUT2D eigenvalue weighted by molar-refractivity contribution is -0.0000415. The molecule has 0 aliphatic carbocycles. The standard InChI is InChI=1S/C15H32N2O3S/c1-14(2)11-16-12-15(5-8-20-9-6-15)13-17(3)7-10-21(4,18)19/h14,16H,5-13H2,1-4H3. The van der Waals surface area contributed by atoms with Crippen molar-refractivity contribution in [2.24, 2.45) is 11.3 Å². The molecular formula is C15H32N2O3S. The van der Waals surface area contributed by atoms with Gasteiger partial charge in [0.2, 0.25) is 0 Å². The van der Waals surface area contributed by atoms with Crippen molar-refractivity contribution in [3.05, 3.63) is 0 Å². The van der Waals surface area contributed by atoms with Crippen molar-refractivity contribution in [2.75, 3.05) is 58.4 Å². The van der Waals surface area contributed by atoms with Crippen LogP contribution in [0.1, 0.15) is 26.7 Å². The molecule has 1 aliphatic heterocycles. The molecule has 21 heavy (non-hydrogen) atoms. The average molecular weight is 320 g/mol. The van der Waals surface area contributed by atoms with E-state index >= 15 is 0 Å². The van der Waals surface area contributed by atoms with Crippen LogP contribution in [0.4, 0.5) is 0 Å². The predicted molar refractivity (Wildman–Crippen MR) is 87.4 cm³/mol. The van der Waals surface area contributed by atoms with Gasteiger partial charge in [0, 0.05) is 39.1 Å². The lowest BCUT2D eigenvalue weighted by Crippen LogP contribution is -2.47. The normalized spacial score (nSPS) is 19.3. The van der Waals surface area contributed by atoms with Crippen LogP contribution in [-0.2, 0) is 14.6 Å². The molecule has 1 heterocycles. The fraction of sp³-hybridized carbons (Fsp3) is 1.00. The highest BCUT2D eigenvalue weighted by Crippen LogP contribution is 2.30. The molecular weight excluding hydrogens is 288 g/mol. The molecule has 0 aromatic heterocycles. The van der Waals surface area contributed by atoms with Crippen molar-refractivity contribution in [2.45, 2.75) is 26.7 Å². The van der Waals surface area contributed by atoms with Gasteiger partial charge < -0.3 is 15.0 Å². The van der Waals surface area contributed by atoms with Crippen molar-refractivity contribution in [3.8, 4) is 0 Å². The largest absolute Gasteiger partial charge is 0.381 e. The van der Waals surface area contributed by atoms with E-state index in [0.717, 1.165) is 45.7 Å². The predicted octanol–water partition coefficient (Wildman–Crippen LogP) is 1.01. The maximum atomic E-state index is 11.3. The van der Waals surface area contributed by atoms with Crippen LogP contribution < -0.4 is 5.32 Å². The fourth-order valence-electron chi connectivity index (χ4n) is 2.79. The molecule has 0 radical (unpaired) electrons. The lowest BCUT2D eigenvalue weighted by Gasteiger charge is -2.40. The SMILES string of the molecule is CC(C)CNCC1(CN(C)CCS(C)(=O)=O)CCOCC1. The molecule has 1 aliphatic rings. The molecule has 0 unspecified atom stereocenters. The second-order valence-corrected chi connectivity index (χ2v) is 9.26. The number of hydrogen-bond acceptors (Lipinski definition) is 5. The second kappa shape index (κ2) is 8.46. The van der Waals surface area contributed by atoms with E-state index in [0.29, 0.717) is 12.5 Å². The van der Waals surface area contributed by atoms with Crippen LogP contribution >= 0.6 is 0 Å². The van der Waals surface area contributed by atoms with Gasteiger partial charge in [-0.05, 0) is 37.8 Å². The summed E-state index contributed by atoms with van der Waals surface area (Å²) in [4.78, 5) is 2.16. The van der Waals surface area contributed by atoms with Gasteiger partial charge in [-0.2, -0.15) is 0 Å². The molecule has 0 aromatic rings.